The van der Waals surface area contributed by atoms with Gasteiger partial charge >= 0.3 is 6.18 Å². The molecule has 1 amide bonds. The molecular formula is C26H22Cl2F3N5O2. The fraction of sp³-hybridized carbons (Fsp3) is 0.308. The molecule has 0 spiro atoms. The van der Waals surface area contributed by atoms with Gasteiger partial charge in [-0.15, -0.1) is 11.5 Å². The minimum atomic E-state index is -4.81. The van der Waals surface area contributed by atoms with Gasteiger partial charge in [-0.2, -0.15) is 18.2 Å². The number of nitrogens with zero attached hydrogens (tertiary/aromatic N) is 4. The zero-order chi connectivity index (χ0) is 27.8. The number of alkyl halides is 3. The third kappa shape index (κ3) is 5.22. The molecule has 0 aliphatic carbocycles. The minimum Gasteiger partial charge on any atom is -0.374 e. The lowest BCUT2D eigenvalue weighted by Gasteiger charge is -2.29. The monoisotopic (exact) mass is 563 g/mol. The second-order valence-corrected chi connectivity index (χ2v) is 9.96. The first-order valence-electron chi connectivity index (χ1n) is 11.4. The van der Waals surface area contributed by atoms with Crippen molar-refractivity contribution in [2.24, 2.45) is 5.16 Å². The molecule has 2 heterocycles. The van der Waals surface area contributed by atoms with E-state index in [9.17, 15) is 18.0 Å². The molecule has 198 valence electrons. The molecule has 12 heteroatoms. The number of hydrogen-bond acceptors (Lipinski definition) is 5. The third-order valence-corrected chi connectivity index (χ3v) is 6.44. The van der Waals surface area contributed by atoms with Crippen molar-refractivity contribution in [3.05, 3.63) is 74.5 Å². The van der Waals surface area contributed by atoms with Crippen LogP contribution in [0.5, 0.6) is 0 Å². The van der Waals surface area contributed by atoms with Gasteiger partial charge in [-0.25, -0.2) is 4.68 Å². The van der Waals surface area contributed by atoms with Crippen molar-refractivity contribution in [2.75, 3.05) is 5.32 Å². The molecule has 1 aliphatic heterocycles. The van der Waals surface area contributed by atoms with Gasteiger partial charge in [-0.05, 0) is 48.4 Å². The lowest BCUT2D eigenvalue weighted by Crippen LogP contribution is -2.42. The van der Waals surface area contributed by atoms with Crippen molar-refractivity contribution in [2.45, 2.75) is 51.4 Å². The van der Waals surface area contributed by atoms with Crippen molar-refractivity contribution in [3.63, 3.8) is 0 Å². The van der Waals surface area contributed by atoms with E-state index in [0.29, 0.717) is 17.0 Å². The average molecular weight is 564 g/mol. The number of terminal acetylenes is 1. The lowest BCUT2D eigenvalue weighted by atomic mass is 9.86. The molecule has 3 aromatic rings. The minimum absolute atomic E-state index is 0.0312. The number of aromatic nitrogens is 3. The molecule has 1 N–H and O–H groups in total. The molecule has 7 nitrogen and oxygen atoms in total. The number of amides is 1. The van der Waals surface area contributed by atoms with E-state index in [4.69, 9.17) is 34.5 Å². The summed E-state index contributed by atoms with van der Waals surface area (Å²) in [4.78, 5) is 22.3. The van der Waals surface area contributed by atoms with Gasteiger partial charge in [0.2, 0.25) is 5.95 Å². The van der Waals surface area contributed by atoms with Gasteiger partial charge in [0.25, 0.3) is 11.5 Å². The van der Waals surface area contributed by atoms with Crippen molar-refractivity contribution >= 4 is 40.8 Å². The van der Waals surface area contributed by atoms with Crippen LogP contribution in [-0.4, -0.2) is 32.6 Å². The Morgan fingerprint density at radius 3 is 2.50 bits per heavy atom. The van der Waals surface area contributed by atoms with Crippen LogP contribution in [0, 0.1) is 19.3 Å². The summed E-state index contributed by atoms with van der Waals surface area (Å²) in [6.45, 7) is 5.71. The number of aryl methyl sites for hydroxylation is 1. The number of anilines is 1. The lowest BCUT2D eigenvalue weighted by molar-refractivity contribution is -0.275. The zero-order valence-corrected chi connectivity index (χ0v) is 22.0. The Balaban J connectivity index is 1.58. The number of carbonyl (C=O) groups excluding carboxylic acids is 1. The molecule has 2 aromatic carbocycles. The van der Waals surface area contributed by atoms with Crippen LogP contribution in [0.2, 0.25) is 10.0 Å². The van der Waals surface area contributed by atoms with E-state index in [1.807, 2.05) is 13.8 Å². The van der Waals surface area contributed by atoms with Gasteiger partial charge < -0.3 is 4.84 Å². The number of nitrogens with one attached hydrogen (secondary N) is 1. The Morgan fingerprint density at radius 1 is 1.24 bits per heavy atom. The molecule has 1 aromatic heterocycles. The second kappa shape index (κ2) is 10.3. The zero-order valence-electron chi connectivity index (χ0n) is 20.5. The smallest absolute Gasteiger partial charge is 0.374 e. The summed E-state index contributed by atoms with van der Waals surface area (Å²) < 4.78 is 44.4. The molecule has 0 radical (unpaired) electrons. The summed E-state index contributed by atoms with van der Waals surface area (Å²) >= 11 is 11.9. The third-order valence-electron chi connectivity index (χ3n) is 6.00. The summed E-state index contributed by atoms with van der Waals surface area (Å²) in [6.07, 6.45) is -0.0332. The van der Waals surface area contributed by atoms with E-state index in [2.05, 4.69) is 26.5 Å². The van der Waals surface area contributed by atoms with E-state index in [0.717, 1.165) is 12.1 Å². The van der Waals surface area contributed by atoms with E-state index in [1.165, 1.54) is 22.9 Å². The SMILES string of the molecule is C#CCn1nc(NC(=O)c2ccc(C3=NOC(c4cc(Cl)cc(Cl)c4)(C(F)(F)F)C3)cc2C)nc1C(C)C. The maximum Gasteiger partial charge on any atom is 0.435 e. The van der Waals surface area contributed by atoms with Gasteiger partial charge in [0.05, 0.1) is 5.71 Å². The Bertz CT molecular complexity index is 1460. The maximum absolute atomic E-state index is 14.3. The summed E-state index contributed by atoms with van der Waals surface area (Å²) in [7, 11) is 0. The molecule has 38 heavy (non-hydrogen) atoms. The van der Waals surface area contributed by atoms with Gasteiger partial charge in [0, 0.05) is 33.5 Å². The van der Waals surface area contributed by atoms with Crippen LogP contribution < -0.4 is 5.32 Å². The summed E-state index contributed by atoms with van der Waals surface area (Å²) in [5.74, 6) is 2.77. The van der Waals surface area contributed by atoms with E-state index >= 15 is 0 Å². The molecule has 4 rings (SSSR count). The quantitative estimate of drug-likeness (QED) is 0.348. The highest BCUT2D eigenvalue weighted by atomic mass is 35.5. The van der Waals surface area contributed by atoms with Crippen LogP contribution in [-0.2, 0) is 17.0 Å². The highest BCUT2D eigenvalue weighted by Crippen LogP contribution is 2.49. The molecule has 0 bridgehead atoms. The van der Waals surface area contributed by atoms with Crippen LogP contribution in [0.25, 0.3) is 0 Å². The number of benzene rings is 2. The van der Waals surface area contributed by atoms with Crippen molar-refractivity contribution in [1.82, 2.24) is 14.8 Å². The summed E-state index contributed by atoms with van der Waals surface area (Å²) in [5.41, 5.74) is -1.78. The highest BCUT2D eigenvalue weighted by Gasteiger charge is 2.62. The van der Waals surface area contributed by atoms with Gasteiger partial charge in [0.15, 0.2) is 0 Å². The van der Waals surface area contributed by atoms with Crippen LogP contribution >= 0.6 is 23.2 Å². The van der Waals surface area contributed by atoms with Crippen LogP contribution in [0.1, 0.15) is 59.1 Å². The van der Waals surface area contributed by atoms with E-state index in [1.54, 1.807) is 13.0 Å². The number of oxime groups is 1. The van der Waals surface area contributed by atoms with E-state index < -0.39 is 24.1 Å². The largest absolute Gasteiger partial charge is 0.435 e. The predicted molar refractivity (Wildman–Crippen MR) is 139 cm³/mol. The van der Waals surface area contributed by atoms with Gasteiger partial charge in [-0.1, -0.05) is 54.2 Å². The number of halogens is 5. The average Bonchev–Trinajstić information content (AvgIpc) is 3.44. The maximum atomic E-state index is 14.3. The normalized spacial score (nSPS) is 17.2. The van der Waals surface area contributed by atoms with Crippen molar-refractivity contribution in [3.8, 4) is 12.3 Å². The number of rotatable bonds is 6. The highest BCUT2D eigenvalue weighted by molar-refractivity contribution is 6.34. The molecule has 0 fully saturated rings. The molecule has 1 unspecified atom stereocenters. The molecular weight excluding hydrogens is 542 g/mol. The first-order valence-corrected chi connectivity index (χ1v) is 12.2. The van der Waals surface area contributed by atoms with Crippen LogP contribution in [0.4, 0.5) is 19.1 Å². The van der Waals surface area contributed by atoms with Crippen LogP contribution in [0.3, 0.4) is 0 Å². The first-order chi connectivity index (χ1) is 17.8. The topological polar surface area (TPSA) is 81.4 Å². The fourth-order valence-corrected chi connectivity index (χ4v) is 4.68. The molecule has 0 saturated carbocycles. The number of carbonyl (C=O) groups is 1. The Kier molecular flexibility index (Phi) is 7.46. The van der Waals surface area contributed by atoms with Gasteiger partial charge in [0.1, 0.15) is 12.4 Å². The number of hydrogen-bond donors (Lipinski definition) is 1. The Hall–Kier alpha value is -3.55. The Morgan fingerprint density at radius 2 is 1.92 bits per heavy atom. The first kappa shape index (κ1) is 27.5. The van der Waals surface area contributed by atoms with Crippen LogP contribution in [0.15, 0.2) is 41.6 Å². The van der Waals surface area contributed by atoms with E-state index in [-0.39, 0.29) is 45.3 Å². The van der Waals surface area contributed by atoms with Crippen molar-refractivity contribution in [1.29, 1.82) is 0 Å². The second-order valence-electron chi connectivity index (χ2n) is 9.08. The van der Waals surface area contributed by atoms with Crippen molar-refractivity contribution < 1.29 is 22.8 Å². The molecule has 0 saturated heterocycles. The standard InChI is InChI=1S/C26H22Cl2F3N5O2/c1-5-8-36-22(14(2)3)32-24(34-36)33-23(37)20-7-6-16(9-15(20)4)21-13-25(38-35-21,26(29,30)31)17-10-18(27)12-19(28)11-17/h1,6-7,9-12,14H,8,13H2,2-4H3,(H,33,34,37). The Labute approximate surface area is 227 Å². The molecule has 1 atom stereocenters. The molecule has 1 aliphatic rings. The van der Waals surface area contributed by atoms with Gasteiger partial charge in [-0.3, -0.25) is 10.1 Å². The fourth-order valence-electron chi connectivity index (χ4n) is 4.15. The predicted octanol–water partition coefficient (Wildman–Crippen LogP) is 6.48. The summed E-state index contributed by atoms with van der Waals surface area (Å²) in [6, 6.07) is 8.21. The summed E-state index contributed by atoms with van der Waals surface area (Å²) in [5, 5.41) is 10.7.